The fourth-order valence-electron chi connectivity index (χ4n) is 0.497. The normalized spacial score (nSPS) is 8.70. The molecule has 0 amide bonds. The number of nitrogens with zero attached hydrogens (tertiary/aromatic N) is 3. The van der Waals surface area contributed by atoms with Crippen LogP contribution in [0.25, 0.3) is 0 Å². The number of nitrogens with two attached hydrogens (primary N) is 1. The summed E-state index contributed by atoms with van der Waals surface area (Å²) in [5.41, 5.74) is 5.12. The Balaban J connectivity index is 3.34. The van der Waals surface area contributed by atoms with Crippen LogP contribution in [0.1, 0.15) is 5.56 Å². The van der Waals surface area contributed by atoms with Gasteiger partial charge in [0.25, 0.3) is 0 Å². The Kier molecular flexibility index (Phi) is 1.38. The van der Waals surface area contributed by atoms with Gasteiger partial charge in [-0.2, -0.15) is 5.26 Å². The highest BCUT2D eigenvalue weighted by molar-refractivity contribution is 5.52. The van der Waals surface area contributed by atoms with Crippen LogP contribution in [0, 0.1) is 11.3 Å². The summed E-state index contributed by atoms with van der Waals surface area (Å²) in [7, 11) is 0. The maximum Gasteiger partial charge on any atom is 0.234 e. The molecule has 0 aliphatic heterocycles. The Bertz CT molecular complexity index is 270. The van der Waals surface area contributed by atoms with Gasteiger partial charge in [0.05, 0.1) is 0 Å². The Morgan fingerprint density at radius 1 is 1.60 bits per heavy atom. The van der Waals surface area contributed by atoms with Crippen molar-refractivity contribution in [2.45, 2.75) is 0 Å². The Hall–Kier alpha value is -1.83. The number of nitrogen functional groups attached to an aromatic ring is 1. The molecular formula is C5H4N4O. The molecule has 1 rings (SSSR count). The van der Waals surface area contributed by atoms with E-state index in [1.165, 1.54) is 0 Å². The van der Waals surface area contributed by atoms with Crippen LogP contribution in [-0.2, 0) is 0 Å². The molecular weight excluding hydrogens is 132 g/mol. The first kappa shape index (κ1) is 6.29. The van der Waals surface area contributed by atoms with E-state index in [-0.39, 0.29) is 17.3 Å². The van der Waals surface area contributed by atoms with E-state index in [2.05, 4.69) is 9.97 Å². The van der Waals surface area contributed by atoms with Crippen molar-refractivity contribution >= 4 is 5.82 Å². The van der Waals surface area contributed by atoms with E-state index in [1.807, 2.05) is 0 Å². The lowest BCUT2D eigenvalue weighted by Gasteiger charge is -1.94. The van der Waals surface area contributed by atoms with Crippen LogP contribution < -0.4 is 5.73 Å². The first-order valence-corrected chi connectivity index (χ1v) is 2.45. The van der Waals surface area contributed by atoms with Gasteiger partial charge in [-0.25, -0.2) is 9.97 Å². The standard InChI is InChI=1S/C5H4N4O/c6-1-3-4(7)8-2-9-5(3)10/h2H,(H3,7,8,9,10). The van der Waals surface area contributed by atoms with Crippen molar-refractivity contribution in [3.8, 4) is 11.9 Å². The summed E-state index contributed by atoms with van der Waals surface area (Å²) in [6.07, 6.45) is 1.09. The largest absolute Gasteiger partial charge is 0.492 e. The zero-order valence-corrected chi connectivity index (χ0v) is 4.94. The van der Waals surface area contributed by atoms with Gasteiger partial charge in [0.2, 0.25) is 5.88 Å². The average molecular weight is 136 g/mol. The van der Waals surface area contributed by atoms with E-state index < -0.39 is 0 Å². The summed E-state index contributed by atoms with van der Waals surface area (Å²) >= 11 is 0. The van der Waals surface area contributed by atoms with Gasteiger partial charge in [-0.1, -0.05) is 0 Å². The van der Waals surface area contributed by atoms with Crippen molar-refractivity contribution in [3.05, 3.63) is 11.9 Å². The minimum atomic E-state index is -0.380. The first-order valence-electron chi connectivity index (χ1n) is 2.45. The van der Waals surface area contributed by atoms with Gasteiger partial charge < -0.3 is 10.8 Å². The molecule has 5 heteroatoms. The molecule has 0 saturated heterocycles. The molecule has 1 heterocycles. The molecule has 0 fully saturated rings. The zero-order chi connectivity index (χ0) is 7.56. The average Bonchev–Trinajstić information content (AvgIpc) is 1.88. The molecule has 50 valence electrons. The number of hydrogen-bond acceptors (Lipinski definition) is 5. The minimum absolute atomic E-state index is 0.00463. The Morgan fingerprint density at radius 2 is 2.30 bits per heavy atom. The third-order valence-corrected chi connectivity index (χ3v) is 0.968. The van der Waals surface area contributed by atoms with Gasteiger partial charge in [-0.15, -0.1) is 0 Å². The maximum atomic E-state index is 8.84. The molecule has 0 aromatic carbocycles. The first-order chi connectivity index (χ1) is 4.75. The third kappa shape index (κ3) is 0.821. The van der Waals surface area contributed by atoms with Crippen molar-refractivity contribution in [2.75, 3.05) is 5.73 Å². The number of hydrogen-bond donors (Lipinski definition) is 2. The predicted molar refractivity (Wildman–Crippen MR) is 32.8 cm³/mol. The third-order valence-electron chi connectivity index (χ3n) is 0.968. The highest BCUT2D eigenvalue weighted by atomic mass is 16.3. The fraction of sp³-hybridized carbons (Fsp3) is 0. The van der Waals surface area contributed by atoms with Crippen molar-refractivity contribution in [2.24, 2.45) is 0 Å². The summed E-state index contributed by atoms with van der Waals surface area (Å²) in [6, 6.07) is 1.66. The summed E-state index contributed by atoms with van der Waals surface area (Å²) in [4.78, 5) is 6.85. The quantitative estimate of drug-likeness (QED) is 0.507. The van der Waals surface area contributed by atoms with Gasteiger partial charge in [0, 0.05) is 0 Å². The lowest BCUT2D eigenvalue weighted by molar-refractivity contribution is 0.450. The van der Waals surface area contributed by atoms with Crippen LogP contribution in [-0.4, -0.2) is 15.1 Å². The van der Waals surface area contributed by atoms with E-state index >= 15 is 0 Å². The summed E-state index contributed by atoms with van der Waals surface area (Å²) in [5, 5.41) is 17.2. The molecule has 1 aromatic heterocycles. The van der Waals surface area contributed by atoms with E-state index in [4.69, 9.17) is 16.1 Å². The van der Waals surface area contributed by atoms with E-state index in [0.717, 1.165) is 6.33 Å². The highest BCUT2D eigenvalue weighted by Crippen LogP contribution is 2.14. The number of anilines is 1. The molecule has 0 aliphatic carbocycles. The molecule has 10 heavy (non-hydrogen) atoms. The molecule has 0 aliphatic rings. The van der Waals surface area contributed by atoms with Gasteiger partial charge in [0.1, 0.15) is 18.2 Å². The Morgan fingerprint density at radius 3 is 2.70 bits per heavy atom. The molecule has 1 aromatic rings. The monoisotopic (exact) mass is 136 g/mol. The second-order valence-corrected chi connectivity index (χ2v) is 1.57. The topological polar surface area (TPSA) is 95.8 Å². The van der Waals surface area contributed by atoms with Crippen molar-refractivity contribution < 1.29 is 5.11 Å². The van der Waals surface area contributed by atoms with Crippen LogP contribution in [0.5, 0.6) is 5.88 Å². The van der Waals surface area contributed by atoms with E-state index in [9.17, 15) is 0 Å². The molecule has 5 nitrogen and oxygen atoms in total. The number of aromatic hydroxyl groups is 1. The zero-order valence-electron chi connectivity index (χ0n) is 4.94. The SMILES string of the molecule is N#Cc1c(N)ncnc1O. The number of nitriles is 1. The van der Waals surface area contributed by atoms with Crippen LogP contribution in [0.4, 0.5) is 5.82 Å². The van der Waals surface area contributed by atoms with Crippen LogP contribution in [0.2, 0.25) is 0 Å². The molecule has 0 spiro atoms. The predicted octanol–water partition coefficient (Wildman–Crippen LogP) is -0.364. The highest BCUT2D eigenvalue weighted by Gasteiger charge is 2.04. The summed E-state index contributed by atoms with van der Waals surface area (Å²) in [6.45, 7) is 0. The smallest absolute Gasteiger partial charge is 0.234 e. The second kappa shape index (κ2) is 2.19. The molecule has 0 atom stereocenters. The fourth-order valence-corrected chi connectivity index (χ4v) is 0.497. The molecule has 0 radical (unpaired) electrons. The molecule has 3 N–H and O–H groups in total. The van der Waals surface area contributed by atoms with Gasteiger partial charge >= 0.3 is 0 Å². The molecule has 0 saturated carbocycles. The van der Waals surface area contributed by atoms with Gasteiger partial charge in [-0.3, -0.25) is 0 Å². The number of aromatic nitrogens is 2. The lowest BCUT2D eigenvalue weighted by Crippen LogP contribution is -1.95. The minimum Gasteiger partial charge on any atom is -0.492 e. The maximum absolute atomic E-state index is 8.84. The van der Waals surface area contributed by atoms with E-state index in [1.54, 1.807) is 6.07 Å². The van der Waals surface area contributed by atoms with Gasteiger partial charge in [-0.05, 0) is 0 Å². The molecule has 0 unspecified atom stereocenters. The van der Waals surface area contributed by atoms with E-state index in [0.29, 0.717) is 0 Å². The van der Waals surface area contributed by atoms with Crippen molar-refractivity contribution in [1.29, 1.82) is 5.26 Å². The van der Waals surface area contributed by atoms with Crippen molar-refractivity contribution in [3.63, 3.8) is 0 Å². The molecule has 0 bridgehead atoms. The van der Waals surface area contributed by atoms with Crippen LogP contribution >= 0.6 is 0 Å². The van der Waals surface area contributed by atoms with Crippen LogP contribution in [0.15, 0.2) is 6.33 Å². The van der Waals surface area contributed by atoms with Crippen LogP contribution in [0.3, 0.4) is 0 Å². The lowest BCUT2D eigenvalue weighted by atomic mass is 10.3. The van der Waals surface area contributed by atoms with Crippen molar-refractivity contribution in [1.82, 2.24) is 9.97 Å². The summed E-state index contributed by atoms with van der Waals surface area (Å²) < 4.78 is 0. The Labute approximate surface area is 56.8 Å². The van der Waals surface area contributed by atoms with Gasteiger partial charge in [0.15, 0.2) is 5.56 Å². The second-order valence-electron chi connectivity index (χ2n) is 1.57. The number of rotatable bonds is 0. The summed E-state index contributed by atoms with van der Waals surface area (Å²) in [5.74, 6) is -0.384.